The standard InChI is InChI=1S/C13H11ClFNO3/c1-6-7(2)16-11-5-9(14)10(15)4-8(11)12(6)19-13(17)18-3/h4-5H,1-3H3. The van der Waals surface area contributed by atoms with Gasteiger partial charge in [0.1, 0.15) is 11.6 Å². The van der Waals surface area contributed by atoms with Gasteiger partial charge < -0.3 is 9.47 Å². The Hall–Kier alpha value is -1.88. The van der Waals surface area contributed by atoms with Crippen molar-refractivity contribution in [2.75, 3.05) is 7.11 Å². The SMILES string of the molecule is COC(=O)Oc1c(C)c(C)nc2cc(Cl)c(F)cc12. The number of methoxy groups -OCH3 is 1. The van der Waals surface area contributed by atoms with E-state index in [0.29, 0.717) is 22.2 Å². The largest absolute Gasteiger partial charge is 0.513 e. The summed E-state index contributed by atoms with van der Waals surface area (Å²) in [5.74, 6) is -0.376. The predicted molar refractivity (Wildman–Crippen MR) is 69.2 cm³/mol. The molecule has 0 N–H and O–H groups in total. The topological polar surface area (TPSA) is 48.4 Å². The number of benzene rings is 1. The number of halogens is 2. The summed E-state index contributed by atoms with van der Waals surface area (Å²) in [4.78, 5) is 15.5. The molecule has 0 radical (unpaired) electrons. The molecule has 19 heavy (non-hydrogen) atoms. The van der Waals surface area contributed by atoms with Crippen LogP contribution in [0.2, 0.25) is 5.02 Å². The smallest absolute Gasteiger partial charge is 0.437 e. The van der Waals surface area contributed by atoms with Gasteiger partial charge in [-0.15, -0.1) is 0 Å². The summed E-state index contributed by atoms with van der Waals surface area (Å²) in [5, 5.41) is 0.336. The number of hydrogen-bond donors (Lipinski definition) is 0. The first kappa shape index (κ1) is 13.5. The number of rotatable bonds is 1. The molecule has 1 aromatic carbocycles. The summed E-state index contributed by atoms with van der Waals surface area (Å²) in [6.45, 7) is 3.49. The third-order valence-electron chi connectivity index (χ3n) is 2.81. The van der Waals surface area contributed by atoms with E-state index in [1.54, 1.807) is 13.8 Å². The molecular formula is C13H11ClFNO3. The highest BCUT2D eigenvalue weighted by molar-refractivity contribution is 6.31. The van der Waals surface area contributed by atoms with Crippen molar-refractivity contribution < 1.29 is 18.7 Å². The first-order valence-corrected chi connectivity index (χ1v) is 5.83. The summed E-state index contributed by atoms with van der Waals surface area (Å²) in [6.07, 6.45) is -0.870. The molecule has 1 aromatic heterocycles. The fraction of sp³-hybridized carbons (Fsp3) is 0.231. The molecule has 0 unspecified atom stereocenters. The van der Waals surface area contributed by atoms with E-state index in [2.05, 4.69) is 9.72 Å². The quantitative estimate of drug-likeness (QED) is 0.747. The van der Waals surface area contributed by atoms with Crippen LogP contribution in [0.1, 0.15) is 11.3 Å². The van der Waals surface area contributed by atoms with Crippen LogP contribution in [0.3, 0.4) is 0 Å². The molecule has 2 aromatic rings. The number of aryl methyl sites for hydroxylation is 1. The normalized spacial score (nSPS) is 10.6. The maximum Gasteiger partial charge on any atom is 0.513 e. The number of fused-ring (bicyclic) bond motifs is 1. The highest BCUT2D eigenvalue weighted by atomic mass is 35.5. The average molecular weight is 284 g/mol. The average Bonchev–Trinajstić information content (AvgIpc) is 2.37. The summed E-state index contributed by atoms with van der Waals surface area (Å²) in [5.41, 5.74) is 1.75. The number of nitrogens with zero attached hydrogens (tertiary/aromatic N) is 1. The Morgan fingerprint density at radius 2 is 2.05 bits per heavy atom. The lowest BCUT2D eigenvalue weighted by atomic mass is 10.1. The molecule has 1 heterocycles. The van der Waals surface area contributed by atoms with Crippen LogP contribution in [-0.2, 0) is 4.74 Å². The van der Waals surface area contributed by atoms with Crippen molar-refractivity contribution in [2.45, 2.75) is 13.8 Å². The van der Waals surface area contributed by atoms with Crippen molar-refractivity contribution in [3.63, 3.8) is 0 Å². The molecule has 0 saturated carbocycles. The minimum atomic E-state index is -0.870. The zero-order chi connectivity index (χ0) is 14.2. The van der Waals surface area contributed by atoms with E-state index in [0.717, 1.165) is 0 Å². The summed E-state index contributed by atoms with van der Waals surface area (Å²) < 4.78 is 23.1. The van der Waals surface area contributed by atoms with Crippen LogP contribution in [0.25, 0.3) is 10.9 Å². The van der Waals surface area contributed by atoms with Crippen LogP contribution in [0.5, 0.6) is 5.75 Å². The van der Waals surface area contributed by atoms with Gasteiger partial charge in [0.15, 0.2) is 0 Å². The molecule has 2 rings (SSSR count). The van der Waals surface area contributed by atoms with Crippen molar-refractivity contribution in [3.8, 4) is 5.75 Å². The van der Waals surface area contributed by atoms with Crippen LogP contribution in [-0.4, -0.2) is 18.2 Å². The van der Waals surface area contributed by atoms with Gasteiger partial charge in [0, 0.05) is 16.6 Å². The number of carbonyl (C=O) groups excluding carboxylic acids is 1. The number of ether oxygens (including phenoxy) is 2. The fourth-order valence-electron chi connectivity index (χ4n) is 1.70. The number of aromatic nitrogens is 1. The van der Waals surface area contributed by atoms with E-state index < -0.39 is 12.0 Å². The third kappa shape index (κ3) is 2.46. The van der Waals surface area contributed by atoms with Crippen LogP contribution in [0.4, 0.5) is 9.18 Å². The highest BCUT2D eigenvalue weighted by Gasteiger charge is 2.16. The first-order valence-electron chi connectivity index (χ1n) is 5.45. The zero-order valence-corrected chi connectivity index (χ0v) is 11.3. The molecule has 6 heteroatoms. The Morgan fingerprint density at radius 1 is 1.37 bits per heavy atom. The van der Waals surface area contributed by atoms with Crippen molar-refractivity contribution >= 4 is 28.7 Å². The van der Waals surface area contributed by atoms with Gasteiger partial charge >= 0.3 is 6.16 Å². The Kier molecular flexibility index (Phi) is 3.57. The molecule has 0 aliphatic rings. The second-order valence-electron chi connectivity index (χ2n) is 3.99. The summed E-state index contributed by atoms with van der Waals surface area (Å²) in [7, 11) is 1.20. The fourth-order valence-corrected chi connectivity index (χ4v) is 1.86. The van der Waals surface area contributed by atoms with E-state index in [-0.39, 0.29) is 10.8 Å². The predicted octanol–water partition coefficient (Wildman–Crippen LogP) is 3.79. The minimum Gasteiger partial charge on any atom is -0.437 e. The Bertz CT molecular complexity index is 667. The number of hydrogen-bond acceptors (Lipinski definition) is 4. The van der Waals surface area contributed by atoms with Gasteiger partial charge in [-0.1, -0.05) is 11.6 Å². The monoisotopic (exact) mass is 283 g/mol. The van der Waals surface area contributed by atoms with Gasteiger partial charge in [0.05, 0.1) is 17.6 Å². The Labute approximate surface area is 114 Å². The van der Waals surface area contributed by atoms with E-state index in [9.17, 15) is 9.18 Å². The van der Waals surface area contributed by atoms with E-state index in [4.69, 9.17) is 16.3 Å². The molecule has 4 nitrogen and oxygen atoms in total. The van der Waals surface area contributed by atoms with Gasteiger partial charge in [0.25, 0.3) is 0 Å². The van der Waals surface area contributed by atoms with Crippen LogP contribution in [0.15, 0.2) is 12.1 Å². The van der Waals surface area contributed by atoms with E-state index in [1.807, 2.05) is 0 Å². The Morgan fingerprint density at radius 3 is 2.68 bits per heavy atom. The van der Waals surface area contributed by atoms with Gasteiger partial charge in [-0.3, -0.25) is 4.98 Å². The van der Waals surface area contributed by atoms with E-state index >= 15 is 0 Å². The van der Waals surface area contributed by atoms with Crippen molar-refractivity contribution in [3.05, 3.63) is 34.2 Å². The first-order chi connectivity index (χ1) is 8.93. The molecule has 0 bridgehead atoms. The summed E-state index contributed by atoms with van der Waals surface area (Å²) in [6, 6.07) is 2.58. The van der Waals surface area contributed by atoms with Crippen LogP contribution < -0.4 is 4.74 Å². The third-order valence-corrected chi connectivity index (χ3v) is 3.10. The van der Waals surface area contributed by atoms with Gasteiger partial charge in [-0.25, -0.2) is 9.18 Å². The van der Waals surface area contributed by atoms with Crippen molar-refractivity contribution in [1.82, 2.24) is 4.98 Å². The molecule has 100 valence electrons. The lowest BCUT2D eigenvalue weighted by Crippen LogP contribution is -2.09. The maximum atomic E-state index is 13.5. The molecule has 0 atom stereocenters. The lowest BCUT2D eigenvalue weighted by Gasteiger charge is -2.12. The maximum absolute atomic E-state index is 13.5. The minimum absolute atomic E-state index is 0.0349. The van der Waals surface area contributed by atoms with Crippen molar-refractivity contribution in [1.29, 1.82) is 0 Å². The van der Waals surface area contributed by atoms with Crippen molar-refractivity contribution in [2.24, 2.45) is 0 Å². The molecule has 0 saturated heterocycles. The highest BCUT2D eigenvalue weighted by Crippen LogP contribution is 2.33. The van der Waals surface area contributed by atoms with Crippen LogP contribution in [0, 0.1) is 19.7 Å². The molecular weight excluding hydrogens is 273 g/mol. The zero-order valence-electron chi connectivity index (χ0n) is 10.6. The number of carbonyl (C=O) groups is 1. The van der Waals surface area contributed by atoms with Gasteiger partial charge in [-0.2, -0.15) is 0 Å². The molecule has 0 aliphatic heterocycles. The molecule has 0 amide bonds. The Balaban J connectivity index is 2.74. The molecule has 0 spiro atoms. The van der Waals surface area contributed by atoms with Gasteiger partial charge in [-0.05, 0) is 26.0 Å². The van der Waals surface area contributed by atoms with E-state index in [1.165, 1.54) is 19.2 Å². The lowest BCUT2D eigenvalue weighted by molar-refractivity contribution is 0.121. The van der Waals surface area contributed by atoms with Gasteiger partial charge in [0.2, 0.25) is 0 Å². The molecule has 0 aliphatic carbocycles. The number of pyridine rings is 1. The summed E-state index contributed by atoms with van der Waals surface area (Å²) >= 11 is 5.72. The van der Waals surface area contributed by atoms with Crippen LogP contribution >= 0.6 is 11.6 Å². The second kappa shape index (κ2) is 5.01. The molecule has 0 fully saturated rings. The second-order valence-corrected chi connectivity index (χ2v) is 4.40.